The fourth-order valence-electron chi connectivity index (χ4n) is 1.64. The molecule has 0 bridgehead atoms. The highest BCUT2D eigenvalue weighted by molar-refractivity contribution is 5.85. The van der Waals surface area contributed by atoms with Crippen LogP contribution in [0, 0.1) is 5.82 Å². The van der Waals surface area contributed by atoms with E-state index in [4.69, 9.17) is 10.5 Å². The van der Waals surface area contributed by atoms with E-state index < -0.39 is 12.1 Å². The molecule has 0 aliphatic rings. The molecule has 1 rings (SSSR count). The van der Waals surface area contributed by atoms with Gasteiger partial charge in [0, 0.05) is 11.6 Å². The van der Waals surface area contributed by atoms with Gasteiger partial charge in [0.1, 0.15) is 11.6 Å². The first-order valence-electron chi connectivity index (χ1n) is 5.37. The Kier molecular flexibility index (Phi) is 7.11. The maximum Gasteiger partial charge on any atom is 0.126 e. The summed E-state index contributed by atoms with van der Waals surface area (Å²) in [6.07, 6.45) is 0.824. The van der Waals surface area contributed by atoms with Crippen LogP contribution in [0.4, 0.5) is 4.39 Å². The number of hydrogen-bond acceptors (Lipinski definition) is 3. The quantitative estimate of drug-likeness (QED) is 0.858. The van der Waals surface area contributed by atoms with E-state index in [1.54, 1.807) is 6.07 Å². The molecule has 0 radical (unpaired) electrons. The van der Waals surface area contributed by atoms with Crippen molar-refractivity contribution >= 4 is 12.4 Å². The van der Waals surface area contributed by atoms with E-state index in [-0.39, 0.29) is 18.2 Å². The highest BCUT2D eigenvalue weighted by Crippen LogP contribution is 2.27. The van der Waals surface area contributed by atoms with Crippen LogP contribution in [0.1, 0.15) is 31.4 Å². The molecule has 5 heteroatoms. The van der Waals surface area contributed by atoms with Crippen LogP contribution in [0.3, 0.4) is 0 Å². The molecule has 0 aliphatic carbocycles. The first-order valence-corrected chi connectivity index (χ1v) is 5.37. The molecule has 0 spiro atoms. The van der Waals surface area contributed by atoms with Crippen LogP contribution < -0.4 is 10.5 Å². The minimum Gasteiger partial charge on any atom is -0.496 e. The Labute approximate surface area is 107 Å². The average molecular weight is 264 g/mol. The van der Waals surface area contributed by atoms with Gasteiger partial charge in [-0.2, -0.15) is 0 Å². The van der Waals surface area contributed by atoms with Gasteiger partial charge in [-0.25, -0.2) is 4.39 Å². The van der Waals surface area contributed by atoms with E-state index in [9.17, 15) is 9.50 Å². The summed E-state index contributed by atoms with van der Waals surface area (Å²) < 4.78 is 18.0. The maximum absolute atomic E-state index is 13.0. The van der Waals surface area contributed by atoms with Crippen LogP contribution in [-0.4, -0.2) is 18.3 Å². The molecule has 17 heavy (non-hydrogen) atoms. The van der Waals surface area contributed by atoms with Crippen molar-refractivity contribution in [2.45, 2.75) is 31.9 Å². The van der Waals surface area contributed by atoms with Gasteiger partial charge in [-0.3, -0.25) is 0 Å². The Hall–Kier alpha value is -0.840. The zero-order chi connectivity index (χ0) is 12.1. The third-order valence-electron chi connectivity index (χ3n) is 2.55. The molecule has 0 aliphatic heterocycles. The van der Waals surface area contributed by atoms with E-state index >= 15 is 0 Å². The van der Waals surface area contributed by atoms with Crippen LogP contribution in [-0.2, 0) is 0 Å². The molecular formula is C12H19ClFNO2. The number of rotatable bonds is 5. The first-order chi connectivity index (χ1) is 7.60. The minimum absolute atomic E-state index is 0. The average Bonchev–Trinajstić information content (AvgIpc) is 2.28. The second-order valence-electron chi connectivity index (χ2n) is 3.77. The fraction of sp³-hybridized carbons (Fsp3) is 0.500. The summed E-state index contributed by atoms with van der Waals surface area (Å²) in [5.41, 5.74) is 6.53. The third kappa shape index (κ3) is 4.15. The number of ether oxygens (including phenoxy) is 1. The van der Waals surface area contributed by atoms with Gasteiger partial charge in [-0.15, -0.1) is 12.4 Å². The predicted octanol–water partition coefficient (Wildman–Crippen LogP) is 2.42. The molecule has 0 heterocycles. The first kappa shape index (κ1) is 16.2. The molecule has 0 amide bonds. The van der Waals surface area contributed by atoms with E-state index in [0.29, 0.717) is 17.7 Å². The van der Waals surface area contributed by atoms with Crippen molar-refractivity contribution in [2.24, 2.45) is 5.73 Å². The van der Waals surface area contributed by atoms with Crippen molar-refractivity contribution in [1.82, 2.24) is 0 Å². The summed E-state index contributed by atoms with van der Waals surface area (Å²) in [5.74, 6) is 0.000402. The highest BCUT2D eigenvalue weighted by Gasteiger charge is 2.19. The minimum atomic E-state index is -0.635. The van der Waals surface area contributed by atoms with E-state index in [1.807, 2.05) is 6.92 Å². The standard InChI is InChI=1S/C12H18FNO2.ClH/c1-3-4-10(15)12(14)9-6-5-8(13)7-11(9)16-2;/h5-7,10,12,15H,3-4,14H2,1-2H3;1H/t10-,12+;/m0./s1. The number of aliphatic hydroxyl groups is 1. The van der Waals surface area contributed by atoms with Gasteiger partial charge in [-0.05, 0) is 12.5 Å². The van der Waals surface area contributed by atoms with Gasteiger partial charge < -0.3 is 15.6 Å². The number of halogens is 2. The highest BCUT2D eigenvalue weighted by atomic mass is 35.5. The Morgan fingerprint density at radius 1 is 1.47 bits per heavy atom. The molecule has 0 fully saturated rings. The monoisotopic (exact) mass is 263 g/mol. The Bertz CT molecular complexity index is 349. The van der Waals surface area contributed by atoms with Crippen molar-refractivity contribution < 1.29 is 14.2 Å². The largest absolute Gasteiger partial charge is 0.496 e. The zero-order valence-electron chi connectivity index (χ0n) is 10.0. The van der Waals surface area contributed by atoms with Crippen LogP contribution in [0.25, 0.3) is 0 Å². The topological polar surface area (TPSA) is 55.5 Å². The molecule has 1 aromatic rings. The molecule has 0 saturated heterocycles. The number of nitrogens with two attached hydrogens (primary N) is 1. The van der Waals surface area contributed by atoms with Crippen molar-refractivity contribution in [3.05, 3.63) is 29.6 Å². The van der Waals surface area contributed by atoms with Gasteiger partial charge in [0.15, 0.2) is 0 Å². The summed E-state index contributed by atoms with van der Waals surface area (Å²) in [6, 6.07) is 3.59. The Morgan fingerprint density at radius 2 is 2.12 bits per heavy atom. The SMILES string of the molecule is CCC[C@H](O)[C@H](N)c1ccc(F)cc1OC.Cl. The maximum atomic E-state index is 13.0. The Morgan fingerprint density at radius 3 is 2.65 bits per heavy atom. The second-order valence-corrected chi connectivity index (χ2v) is 3.77. The molecule has 0 saturated carbocycles. The lowest BCUT2D eigenvalue weighted by molar-refractivity contribution is 0.133. The smallest absolute Gasteiger partial charge is 0.126 e. The van der Waals surface area contributed by atoms with Gasteiger partial charge in [0.25, 0.3) is 0 Å². The molecule has 98 valence electrons. The number of benzene rings is 1. The van der Waals surface area contributed by atoms with Gasteiger partial charge in [-0.1, -0.05) is 19.4 Å². The molecule has 3 N–H and O–H groups in total. The van der Waals surface area contributed by atoms with Crippen LogP contribution in [0.5, 0.6) is 5.75 Å². The molecule has 0 aromatic heterocycles. The zero-order valence-corrected chi connectivity index (χ0v) is 10.8. The predicted molar refractivity (Wildman–Crippen MR) is 68.0 cm³/mol. The van der Waals surface area contributed by atoms with E-state index in [2.05, 4.69) is 0 Å². The molecule has 0 unspecified atom stereocenters. The molecule has 1 aromatic carbocycles. The number of hydrogen-bond donors (Lipinski definition) is 2. The van der Waals surface area contributed by atoms with Crippen LogP contribution >= 0.6 is 12.4 Å². The van der Waals surface area contributed by atoms with Gasteiger partial charge >= 0.3 is 0 Å². The van der Waals surface area contributed by atoms with Gasteiger partial charge in [0.2, 0.25) is 0 Å². The Balaban J connectivity index is 0.00000256. The summed E-state index contributed by atoms with van der Waals surface area (Å²) in [4.78, 5) is 0. The summed E-state index contributed by atoms with van der Waals surface area (Å²) in [6.45, 7) is 1.97. The summed E-state index contributed by atoms with van der Waals surface area (Å²) >= 11 is 0. The van der Waals surface area contributed by atoms with Crippen molar-refractivity contribution in [1.29, 1.82) is 0 Å². The third-order valence-corrected chi connectivity index (χ3v) is 2.55. The number of aliphatic hydroxyl groups excluding tert-OH is 1. The lowest BCUT2D eigenvalue weighted by Crippen LogP contribution is -2.26. The van der Waals surface area contributed by atoms with Crippen molar-refractivity contribution in [2.75, 3.05) is 7.11 Å². The number of methoxy groups -OCH3 is 1. The summed E-state index contributed by atoms with van der Waals surface area (Å²) in [5, 5.41) is 9.79. The normalized spacial score (nSPS) is 13.7. The summed E-state index contributed by atoms with van der Waals surface area (Å²) in [7, 11) is 1.46. The van der Waals surface area contributed by atoms with Crippen LogP contribution in [0.15, 0.2) is 18.2 Å². The van der Waals surface area contributed by atoms with E-state index in [1.165, 1.54) is 19.2 Å². The van der Waals surface area contributed by atoms with Gasteiger partial charge in [0.05, 0.1) is 19.3 Å². The van der Waals surface area contributed by atoms with Crippen LogP contribution in [0.2, 0.25) is 0 Å². The lowest BCUT2D eigenvalue weighted by Gasteiger charge is -2.20. The van der Waals surface area contributed by atoms with Crippen molar-refractivity contribution in [3.8, 4) is 5.75 Å². The fourth-order valence-corrected chi connectivity index (χ4v) is 1.64. The molecule has 2 atom stereocenters. The molecular weight excluding hydrogens is 245 g/mol. The molecule has 3 nitrogen and oxygen atoms in total. The van der Waals surface area contributed by atoms with Crippen molar-refractivity contribution in [3.63, 3.8) is 0 Å². The second kappa shape index (κ2) is 7.48. The van der Waals surface area contributed by atoms with E-state index in [0.717, 1.165) is 6.42 Å². The lowest BCUT2D eigenvalue weighted by atomic mass is 9.98.